The Kier molecular flexibility index (Phi) is 5.75. The first kappa shape index (κ1) is 21.2. The topological polar surface area (TPSA) is 110 Å². The van der Waals surface area contributed by atoms with Crippen molar-refractivity contribution >= 4 is 39.2 Å². The molecule has 3 N–H and O–H groups in total. The quantitative estimate of drug-likeness (QED) is 0.545. The molecule has 9 heteroatoms. The summed E-state index contributed by atoms with van der Waals surface area (Å²) in [7, 11) is 0. The third kappa shape index (κ3) is 3.83. The number of carboxylic acid groups (broad SMARTS) is 1. The Morgan fingerprint density at radius 1 is 1.09 bits per heavy atom. The van der Waals surface area contributed by atoms with Gasteiger partial charge in [-0.1, -0.05) is 0 Å². The lowest BCUT2D eigenvalue weighted by Crippen LogP contribution is -2.29. The number of fused-ring (bicyclic) bond motifs is 1. The Hall–Kier alpha value is -2.68. The SMILES string of the molecule is Nc1c(Br)c(C2CCC(C(=O)O)CC2)nc2c(-c3ccc(N4CCCCC4)nc3)cnn12. The Morgan fingerprint density at radius 2 is 1.84 bits per heavy atom. The van der Waals surface area contributed by atoms with E-state index in [-0.39, 0.29) is 11.8 Å². The summed E-state index contributed by atoms with van der Waals surface area (Å²) < 4.78 is 2.40. The lowest BCUT2D eigenvalue weighted by Gasteiger charge is -2.27. The standard InChI is InChI=1S/C23H27BrN6O2/c24-19-20(14-4-6-15(7-5-14)23(31)32)28-22-17(13-27-30(22)21(19)25)16-8-9-18(26-12-16)29-10-2-1-3-11-29/h8-9,12-15H,1-7,10-11,25H2,(H,31,32). The monoisotopic (exact) mass is 498 g/mol. The number of nitrogen functional groups attached to an aromatic ring is 1. The Morgan fingerprint density at radius 3 is 2.50 bits per heavy atom. The molecule has 4 heterocycles. The Labute approximate surface area is 195 Å². The summed E-state index contributed by atoms with van der Waals surface area (Å²) >= 11 is 3.62. The highest BCUT2D eigenvalue weighted by atomic mass is 79.9. The highest BCUT2D eigenvalue weighted by Gasteiger charge is 2.30. The van der Waals surface area contributed by atoms with Crippen LogP contribution in [0, 0.1) is 5.92 Å². The van der Waals surface area contributed by atoms with Crippen LogP contribution in [0.25, 0.3) is 16.8 Å². The molecule has 2 fully saturated rings. The number of carbonyl (C=O) groups is 1. The predicted octanol–water partition coefficient (Wildman–Crippen LogP) is 4.48. The van der Waals surface area contributed by atoms with Gasteiger partial charge < -0.3 is 15.7 Å². The smallest absolute Gasteiger partial charge is 0.306 e. The lowest BCUT2D eigenvalue weighted by molar-refractivity contribution is -0.142. The number of halogens is 1. The maximum atomic E-state index is 11.3. The molecule has 0 atom stereocenters. The van der Waals surface area contributed by atoms with Crippen LogP contribution in [0.2, 0.25) is 0 Å². The molecule has 1 aliphatic heterocycles. The normalized spacial score (nSPS) is 21.7. The third-order valence-corrected chi connectivity index (χ3v) is 7.66. The number of nitrogens with zero attached hydrogens (tertiary/aromatic N) is 5. The summed E-state index contributed by atoms with van der Waals surface area (Å²) in [6.45, 7) is 2.12. The van der Waals surface area contributed by atoms with Crippen LogP contribution in [-0.4, -0.2) is 43.7 Å². The molecule has 0 aromatic carbocycles. The zero-order chi connectivity index (χ0) is 22.2. The summed E-state index contributed by atoms with van der Waals surface area (Å²) in [4.78, 5) is 23.3. The highest BCUT2D eigenvalue weighted by Crippen LogP contribution is 2.40. The summed E-state index contributed by atoms with van der Waals surface area (Å²) in [5.41, 5.74) is 9.85. The minimum absolute atomic E-state index is 0.176. The van der Waals surface area contributed by atoms with E-state index in [1.807, 2.05) is 6.20 Å². The summed E-state index contributed by atoms with van der Waals surface area (Å²) in [5.74, 6) is 0.727. The largest absolute Gasteiger partial charge is 0.481 e. The zero-order valence-corrected chi connectivity index (χ0v) is 19.5. The number of anilines is 2. The molecule has 168 valence electrons. The van der Waals surface area contributed by atoms with Gasteiger partial charge in [0.2, 0.25) is 0 Å². The average molecular weight is 499 g/mol. The molecule has 0 spiro atoms. The van der Waals surface area contributed by atoms with Crippen molar-refractivity contribution < 1.29 is 9.90 Å². The van der Waals surface area contributed by atoms with Gasteiger partial charge in [-0.05, 0) is 73.0 Å². The zero-order valence-electron chi connectivity index (χ0n) is 17.9. The molecule has 32 heavy (non-hydrogen) atoms. The van der Waals surface area contributed by atoms with Gasteiger partial charge in [0.15, 0.2) is 5.65 Å². The minimum atomic E-state index is -0.705. The summed E-state index contributed by atoms with van der Waals surface area (Å²) in [5, 5.41) is 13.8. The van der Waals surface area contributed by atoms with E-state index in [9.17, 15) is 9.90 Å². The number of aromatic nitrogens is 4. The fourth-order valence-electron chi connectivity index (χ4n) is 4.96. The van der Waals surface area contributed by atoms with Gasteiger partial charge in [-0.2, -0.15) is 9.61 Å². The molecule has 1 saturated carbocycles. The number of pyridine rings is 1. The maximum Gasteiger partial charge on any atom is 0.306 e. The van der Waals surface area contributed by atoms with E-state index in [4.69, 9.17) is 15.7 Å². The average Bonchev–Trinajstić information content (AvgIpc) is 3.26. The fourth-order valence-corrected chi connectivity index (χ4v) is 5.54. The Bertz CT molecular complexity index is 1130. The van der Waals surface area contributed by atoms with E-state index in [1.165, 1.54) is 19.3 Å². The summed E-state index contributed by atoms with van der Waals surface area (Å²) in [6.07, 6.45) is 10.3. The van der Waals surface area contributed by atoms with Crippen LogP contribution in [-0.2, 0) is 4.79 Å². The highest BCUT2D eigenvalue weighted by molar-refractivity contribution is 9.10. The van der Waals surface area contributed by atoms with Crippen LogP contribution >= 0.6 is 15.9 Å². The number of nitrogens with two attached hydrogens (primary N) is 1. The second-order valence-electron chi connectivity index (χ2n) is 8.83. The van der Waals surface area contributed by atoms with Crippen molar-refractivity contribution in [2.75, 3.05) is 23.7 Å². The van der Waals surface area contributed by atoms with E-state index in [0.717, 1.165) is 53.0 Å². The molecule has 2 aliphatic rings. The van der Waals surface area contributed by atoms with Crippen LogP contribution in [0.5, 0.6) is 0 Å². The number of carboxylic acids is 1. The van der Waals surface area contributed by atoms with Crippen LogP contribution in [0.3, 0.4) is 0 Å². The van der Waals surface area contributed by atoms with Gasteiger partial charge in [0.1, 0.15) is 11.6 Å². The molecular formula is C23H27BrN6O2. The van der Waals surface area contributed by atoms with Gasteiger partial charge in [0.25, 0.3) is 0 Å². The lowest BCUT2D eigenvalue weighted by atomic mass is 9.80. The second kappa shape index (κ2) is 8.69. The van der Waals surface area contributed by atoms with E-state index in [2.05, 4.69) is 38.1 Å². The molecule has 0 amide bonds. The van der Waals surface area contributed by atoms with Gasteiger partial charge in [-0.25, -0.2) is 9.97 Å². The van der Waals surface area contributed by atoms with Gasteiger partial charge in [0, 0.05) is 36.3 Å². The molecule has 8 nitrogen and oxygen atoms in total. The molecule has 3 aromatic rings. The maximum absolute atomic E-state index is 11.3. The predicted molar refractivity (Wildman–Crippen MR) is 127 cm³/mol. The molecule has 0 bridgehead atoms. The van der Waals surface area contributed by atoms with Crippen molar-refractivity contribution in [3.8, 4) is 11.1 Å². The van der Waals surface area contributed by atoms with E-state index >= 15 is 0 Å². The van der Waals surface area contributed by atoms with Crippen LogP contribution in [0.4, 0.5) is 11.6 Å². The Balaban J connectivity index is 1.47. The number of hydrogen-bond acceptors (Lipinski definition) is 6. The van der Waals surface area contributed by atoms with Gasteiger partial charge in [-0.15, -0.1) is 0 Å². The molecule has 5 rings (SSSR count). The number of hydrogen-bond donors (Lipinski definition) is 2. The van der Waals surface area contributed by atoms with Gasteiger partial charge >= 0.3 is 5.97 Å². The molecular weight excluding hydrogens is 472 g/mol. The first-order chi connectivity index (χ1) is 15.5. The molecule has 3 aromatic heterocycles. The van der Waals surface area contributed by atoms with Crippen LogP contribution in [0.1, 0.15) is 56.6 Å². The van der Waals surface area contributed by atoms with Gasteiger partial charge in [-0.3, -0.25) is 4.79 Å². The van der Waals surface area contributed by atoms with Crippen molar-refractivity contribution in [1.29, 1.82) is 0 Å². The van der Waals surface area contributed by atoms with Crippen molar-refractivity contribution in [1.82, 2.24) is 19.6 Å². The number of aliphatic carboxylic acids is 1. The molecule has 1 aliphatic carbocycles. The van der Waals surface area contributed by atoms with Crippen LogP contribution in [0.15, 0.2) is 29.0 Å². The van der Waals surface area contributed by atoms with Crippen molar-refractivity contribution in [3.63, 3.8) is 0 Å². The summed E-state index contributed by atoms with van der Waals surface area (Å²) in [6, 6.07) is 4.14. The first-order valence-electron chi connectivity index (χ1n) is 11.3. The minimum Gasteiger partial charge on any atom is -0.481 e. The second-order valence-corrected chi connectivity index (χ2v) is 9.62. The van der Waals surface area contributed by atoms with E-state index < -0.39 is 5.97 Å². The van der Waals surface area contributed by atoms with Gasteiger partial charge in [0.05, 0.1) is 22.3 Å². The molecule has 0 unspecified atom stereocenters. The number of piperidine rings is 1. The number of rotatable bonds is 4. The van der Waals surface area contributed by atoms with Crippen molar-refractivity contribution in [3.05, 3.63) is 34.7 Å². The first-order valence-corrected chi connectivity index (χ1v) is 12.1. The fraction of sp³-hybridized carbons (Fsp3) is 0.478. The third-order valence-electron chi connectivity index (χ3n) is 6.85. The van der Waals surface area contributed by atoms with E-state index in [0.29, 0.717) is 24.3 Å². The van der Waals surface area contributed by atoms with Crippen LogP contribution < -0.4 is 10.6 Å². The van der Waals surface area contributed by atoms with E-state index in [1.54, 1.807) is 10.7 Å². The molecule has 1 saturated heterocycles. The molecule has 0 radical (unpaired) electrons. The van der Waals surface area contributed by atoms with Crippen molar-refractivity contribution in [2.24, 2.45) is 5.92 Å². The van der Waals surface area contributed by atoms with Crippen molar-refractivity contribution in [2.45, 2.75) is 50.9 Å².